The Morgan fingerprint density at radius 3 is 2.45 bits per heavy atom. The van der Waals surface area contributed by atoms with Crippen molar-refractivity contribution in [1.29, 1.82) is 0 Å². The number of aromatic nitrogens is 1. The molecule has 0 atom stereocenters. The van der Waals surface area contributed by atoms with Gasteiger partial charge in [0.1, 0.15) is 5.75 Å². The number of ketones is 1. The van der Waals surface area contributed by atoms with E-state index in [-0.39, 0.29) is 5.78 Å². The van der Waals surface area contributed by atoms with Crippen LogP contribution in [-0.4, -0.2) is 40.9 Å². The van der Waals surface area contributed by atoms with Gasteiger partial charge in [-0.25, -0.2) is 0 Å². The lowest BCUT2D eigenvalue weighted by Crippen LogP contribution is -2.49. The minimum Gasteiger partial charge on any atom is -0.492 e. The van der Waals surface area contributed by atoms with Gasteiger partial charge in [-0.1, -0.05) is 20.8 Å². The summed E-state index contributed by atoms with van der Waals surface area (Å²) in [6, 6.07) is 1.79. The fraction of sp³-hybridized carbons (Fsp3) is 0.625. The maximum absolute atomic E-state index is 12.7. The van der Waals surface area contributed by atoms with Crippen LogP contribution in [0.2, 0.25) is 0 Å². The third-order valence-electron chi connectivity index (χ3n) is 3.56. The predicted octanol–water partition coefficient (Wildman–Crippen LogP) is 3.17. The largest absolute Gasteiger partial charge is 0.492 e. The number of carbonyl (C=O) groups is 1. The SMILES string of the molecule is CCCOc1cncc(C(=O)C(C)(C)N(CC)CC)c1. The van der Waals surface area contributed by atoms with Crippen molar-refractivity contribution in [2.24, 2.45) is 0 Å². The summed E-state index contributed by atoms with van der Waals surface area (Å²) in [7, 11) is 0. The van der Waals surface area contributed by atoms with Crippen LogP contribution in [0.25, 0.3) is 0 Å². The van der Waals surface area contributed by atoms with Crippen molar-refractivity contribution >= 4 is 5.78 Å². The second kappa shape index (κ2) is 7.39. The molecule has 0 N–H and O–H groups in total. The molecule has 0 aliphatic rings. The first-order valence-electron chi connectivity index (χ1n) is 7.35. The Labute approximate surface area is 122 Å². The molecular weight excluding hydrogens is 252 g/mol. The van der Waals surface area contributed by atoms with Gasteiger partial charge in [0.15, 0.2) is 5.78 Å². The van der Waals surface area contributed by atoms with E-state index in [4.69, 9.17) is 4.74 Å². The van der Waals surface area contributed by atoms with Crippen LogP contribution in [0.15, 0.2) is 18.5 Å². The Bertz CT molecular complexity index is 440. The Morgan fingerprint density at radius 2 is 1.90 bits per heavy atom. The Hall–Kier alpha value is -1.42. The highest BCUT2D eigenvalue weighted by atomic mass is 16.5. The molecule has 1 aromatic heterocycles. The smallest absolute Gasteiger partial charge is 0.184 e. The highest BCUT2D eigenvalue weighted by Crippen LogP contribution is 2.22. The van der Waals surface area contributed by atoms with E-state index in [1.165, 1.54) is 0 Å². The van der Waals surface area contributed by atoms with Crippen LogP contribution in [0.1, 0.15) is 51.4 Å². The van der Waals surface area contributed by atoms with Crippen molar-refractivity contribution in [3.8, 4) is 5.75 Å². The lowest BCUT2D eigenvalue weighted by atomic mass is 9.92. The van der Waals surface area contributed by atoms with E-state index in [1.54, 1.807) is 18.5 Å². The Balaban J connectivity index is 2.96. The molecule has 0 bridgehead atoms. The minimum atomic E-state index is -0.533. The molecule has 0 unspecified atom stereocenters. The standard InChI is InChI=1S/C16H26N2O2/c1-6-9-20-14-10-13(11-17-12-14)15(19)16(4,5)18(7-2)8-3/h10-12H,6-9H2,1-5H3. The van der Waals surface area contributed by atoms with Crippen LogP contribution in [-0.2, 0) is 0 Å². The second-order valence-electron chi connectivity index (χ2n) is 5.32. The molecular formula is C16H26N2O2. The molecule has 0 saturated carbocycles. The summed E-state index contributed by atoms with van der Waals surface area (Å²) in [5.74, 6) is 0.740. The van der Waals surface area contributed by atoms with Crippen molar-refractivity contribution in [3.63, 3.8) is 0 Å². The molecule has 0 aliphatic heterocycles. The molecule has 112 valence electrons. The summed E-state index contributed by atoms with van der Waals surface area (Å²) in [5.41, 5.74) is 0.0738. The number of likely N-dealkylation sites (N-methyl/N-ethyl adjacent to an activating group) is 1. The first-order chi connectivity index (χ1) is 9.47. The number of hydrogen-bond donors (Lipinski definition) is 0. The van der Waals surface area contributed by atoms with Gasteiger partial charge in [-0.05, 0) is 39.4 Å². The van der Waals surface area contributed by atoms with Crippen LogP contribution in [0.5, 0.6) is 5.75 Å². The van der Waals surface area contributed by atoms with Crippen LogP contribution in [0.4, 0.5) is 0 Å². The number of nitrogens with zero attached hydrogens (tertiary/aromatic N) is 2. The molecule has 0 saturated heterocycles. The summed E-state index contributed by atoms with van der Waals surface area (Å²) in [4.78, 5) is 19.0. The molecule has 0 amide bonds. The molecule has 0 aromatic carbocycles. The van der Waals surface area contributed by atoms with Crippen molar-refractivity contribution in [3.05, 3.63) is 24.0 Å². The molecule has 4 heteroatoms. The van der Waals surface area contributed by atoms with E-state index >= 15 is 0 Å². The molecule has 0 aliphatic carbocycles. The van der Waals surface area contributed by atoms with E-state index in [0.717, 1.165) is 19.5 Å². The molecule has 1 rings (SSSR count). The maximum Gasteiger partial charge on any atom is 0.184 e. The van der Waals surface area contributed by atoms with E-state index in [1.807, 2.05) is 20.8 Å². The van der Waals surface area contributed by atoms with Crippen LogP contribution in [0, 0.1) is 0 Å². The van der Waals surface area contributed by atoms with Gasteiger partial charge in [-0.2, -0.15) is 0 Å². The minimum absolute atomic E-state index is 0.0793. The Kier molecular flexibility index (Phi) is 6.14. The molecule has 0 spiro atoms. The average molecular weight is 278 g/mol. The van der Waals surface area contributed by atoms with Crippen LogP contribution < -0.4 is 4.74 Å². The molecule has 4 nitrogen and oxygen atoms in total. The van der Waals surface area contributed by atoms with Gasteiger partial charge in [-0.15, -0.1) is 0 Å². The number of ether oxygens (including phenoxy) is 1. The van der Waals surface area contributed by atoms with Gasteiger partial charge in [0.2, 0.25) is 0 Å². The lowest BCUT2D eigenvalue weighted by Gasteiger charge is -2.35. The van der Waals surface area contributed by atoms with Crippen molar-refractivity contribution in [1.82, 2.24) is 9.88 Å². The summed E-state index contributed by atoms with van der Waals surface area (Å²) in [6.45, 7) is 12.4. The van der Waals surface area contributed by atoms with Crippen LogP contribution in [0.3, 0.4) is 0 Å². The van der Waals surface area contributed by atoms with Gasteiger partial charge in [0.25, 0.3) is 0 Å². The van der Waals surface area contributed by atoms with Gasteiger partial charge >= 0.3 is 0 Å². The third kappa shape index (κ3) is 3.79. The summed E-state index contributed by atoms with van der Waals surface area (Å²) in [5, 5.41) is 0. The number of carbonyl (C=O) groups excluding carboxylic acids is 1. The average Bonchev–Trinajstić information content (AvgIpc) is 2.45. The zero-order valence-corrected chi connectivity index (χ0v) is 13.3. The van der Waals surface area contributed by atoms with Crippen LogP contribution >= 0.6 is 0 Å². The fourth-order valence-electron chi connectivity index (χ4n) is 2.35. The summed E-state index contributed by atoms with van der Waals surface area (Å²) < 4.78 is 5.54. The molecule has 1 heterocycles. The normalized spacial score (nSPS) is 11.7. The van der Waals surface area contributed by atoms with Gasteiger partial charge in [0, 0.05) is 11.8 Å². The maximum atomic E-state index is 12.7. The van der Waals surface area contributed by atoms with Crippen molar-refractivity contribution in [2.75, 3.05) is 19.7 Å². The molecule has 0 fully saturated rings. The number of hydrogen-bond acceptors (Lipinski definition) is 4. The van der Waals surface area contributed by atoms with E-state index in [2.05, 4.69) is 23.7 Å². The predicted molar refractivity (Wildman–Crippen MR) is 81.4 cm³/mol. The zero-order chi connectivity index (χ0) is 15.2. The molecule has 20 heavy (non-hydrogen) atoms. The van der Waals surface area contributed by atoms with E-state index in [9.17, 15) is 4.79 Å². The summed E-state index contributed by atoms with van der Waals surface area (Å²) in [6.07, 6.45) is 4.20. The lowest BCUT2D eigenvalue weighted by molar-refractivity contribution is 0.0668. The zero-order valence-electron chi connectivity index (χ0n) is 13.3. The topological polar surface area (TPSA) is 42.4 Å². The fourth-order valence-corrected chi connectivity index (χ4v) is 2.35. The first-order valence-corrected chi connectivity index (χ1v) is 7.35. The highest BCUT2D eigenvalue weighted by Gasteiger charge is 2.33. The third-order valence-corrected chi connectivity index (χ3v) is 3.56. The quantitative estimate of drug-likeness (QED) is 0.685. The first kappa shape index (κ1) is 16.6. The van der Waals surface area contributed by atoms with Crippen molar-refractivity contribution < 1.29 is 9.53 Å². The number of rotatable bonds is 8. The van der Waals surface area contributed by atoms with Gasteiger partial charge in [0.05, 0.1) is 18.3 Å². The van der Waals surface area contributed by atoms with E-state index in [0.29, 0.717) is 17.9 Å². The van der Waals surface area contributed by atoms with Crippen molar-refractivity contribution in [2.45, 2.75) is 46.6 Å². The second-order valence-corrected chi connectivity index (χ2v) is 5.32. The van der Waals surface area contributed by atoms with E-state index < -0.39 is 5.54 Å². The molecule has 0 radical (unpaired) electrons. The summed E-state index contributed by atoms with van der Waals surface area (Å²) >= 11 is 0. The Morgan fingerprint density at radius 1 is 1.25 bits per heavy atom. The molecule has 1 aromatic rings. The monoisotopic (exact) mass is 278 g/mol. The number of pyridine rings is 1. The highest BCUT2D eigenvalue weighted by molar-refractivity contribution is 6.02. The number of Topliss-reactive ketones (excluding diaryl/α,β-unsaturated/α-hetero) is 1. The van der Waals surface area contributed by atoms with Gasteiger partial charge in [-0.3, -0.25) is 14.7 Å². The van der Waals surface area contributed by atoms with Gasteiger partial charge < -0.3 is 4.74 Å².